The second-order valence-electron chi connectivity index (χ2n) is 46.2. The molecule has 6 fully saturated rings. The third-order valence-corrected chi connectivity index (χ3v) is 30.3. The number of fused-ring (bicyclic) bond motifs is 5. The molecule has 12 atom stereocenters. The van der Waals surface area contributed by atoms with Crippen molar-refractivity contribution < 1.29 is 111 Å². The van der Waals surface area contributed by atoms with Crippen molar-refractivity contribution in [3.8, 4) is 28.7 Å². The van der Waals surface area contributed by atoms with Crippen LogP contribution >= 0.6 is 0 Å². The van der Waals surface area contributed by atoms with Crippen LogP contribution in [0.15, 0.2) is 121 Å². The molecule has 3 aliphatic heterocycles. The predicted molar refractivity (Wildman–Crippen MR) is 576 cm³/mol. The summed E-state index contributed by atoms with van der Waals surface area (Å²) in [4.78, 5) is 104. The van der Waals surface area contributed by atoms with Gasteiger partial charge in [0, 0.05) is 18.8 Å². The van der Waals surface area contributed by atoms with Gasteiger partial charge in [-0.25, -0.2) is 0 Å². The lowest BCUT2D eigenvalue weighted by Crippen LogP contribution is -2.43. The van der Waals surface area contributed by atoms with Crippen LogP contribution in [-0.2, 0) is 85.8 Å². The van der Waals surface area contributed by atoms with Gasteiger partial charge in [0.05, 0.1) is 79.2 Å². The highest BCUT2D eigenvalue weighted by atomic mass is 16.6. The van der Waals surface area contributed by atoms with Gasteiger partial charge >= 0.3 is 53.7 Å². The number of hydrogen-bond acceptors (Lipinski definition) is 23. The van der Waals surface area contributed by atoms with E-state index in [1.165, 1.54) is 54.2 Å². The van der Waals surface area contributed by atoms with Crippen molar-refractivity contribution in [3.05, 3.63) is 149 Å². The number of rotatable bonds is 27. The SMILES string of the molecule is CC(C)(C)OC(=O)C1CC2C3CCC(C3)C2C1.CCC(C)(C)C(=O)OC.CCC(C)(C)C(=O)OC(C)(C)C(C)C.CCC(C)(C)C(=O)OC(C)(C)C1COC(=O)C1.CCC(C)(C)C(=O)OC1(C)CCOC(=O)C1.CCC(C)(C)C(=O)OC1(C)CCOC(=O)C1.CCC(C)c1ccc(O)cc1.CCC(C)c1ccc(O)cc1.CCC(C)c1ccc(O)cc1.CCC(C)c1ccc(O)cc1.CCC(C)c1ccc(O)cc1. The Kier molecular flexibility index (Phi) is 56.2. The number of cyclic esters (lactones) is 3. The fourth-order valence-electron chi connectivity index (χ4n) is 15.2. The molecule has 12 unspecified atom stereocenters. The molecular formula is C121H194O23. The van der Waals surface area contributed by atoms with E-state index in [2.05, 4.69) is 87.8 Å². The molecule has 816 valence electrons. The third kappa shape index (κ3) is 47.0. The highest BCUT2D eigenvalue weighted by molar-refractivity contribution is 5.80. The zero-order valence-electron chi connectivity index (χ0n) is 95.8. The second kappa shape index (κ2) is 61.2. The number of phenols is 5. The average molecular weight is 2020 g/mol. The normalized spacial score (nSPS) is 20.4. The Morgan fingerprint density at radius 2 is 0.625 bits per heavy atom. The first-order chi connectivity index (χ1) is 66.6. The lowest BCUT2D eigenvalue weighted by atomic mass is 9.82. The molecule has 11 rings (SSSR count). The van der Waals surface area contributed by atoms with Crippen molar-refractivity contribution in [2.75, 3.05) is 26.9 Å². The first-order valence-corrected chi connectivity index (χ1v) is 53.2. The van der Waals surface area contributed by atoms with E-state index >= 15 is 0 Å². The number of methoxy groups -OCH3 is 1. The van der Waals surface area contributed by atoms with Crippen LogP contribution in [0.25, 0.3) is 0 Å². The number of carbonyl (C=O) groups is 9. The number of hydrogen-bond donors (Lipinski definition) is 5. The molecule has 144 heavy (non-hydrogen) atoms. The maximum atomic E-state index is 12.1. The summed E-state index contributed by atoms with van der Waals surface area (Å²) in [7, 11) is 1.42. The summed E-state index contributed by atoms with van der Waals surface area (Å²) in [6, 6.07) is 37.1. The first kappa shape index (κ1) is 132. The van der Waals surface area contributed by atoms with Crippen LogP contribution in [0.4, 0.5) is 0 Å². The van der Waals surface area contributed by atoms with E-state index in [4.69, 9.17) is 63.4 Å². The Bertz CT molecular complexity index is 4230. The van der Waals surface area contributed by atoms with Crippen molar-refractivity contribution in [2.45, 2.75) is 435 Å². The zero-order chi connectivity index (χ0) is 111. The van der Waals surface area contributed by atoms with Gasteiger partial charge in [0.25, 0.3) is 0 Å². The number of ether oxygens (including phenoxy) is 9. The van der Waals surface area contributed by atoms with Gasteiger partial charge in [-0.15, -0.1) is 0 Å². The van der Waals surface area contributed by atoms with Crippen molar-refractivity contribution >= 4 is 53.7 Å². The monoisotopic (exact) mass is 2020 g/mol. The van der Waals surface area contributed by atoms with Crippen LogP contribution in [0.2, 0.25) is 0 Å². The molecule has 0 spiro atoms. The van der Waals surface area contributed by atoms with Gasteiger partial charge in [0.2, 0.25) is 0 Å². The van der Waals surface area contributed by atoms with Crippen LogP contribution in [0.3, 0.4) is 0 Å². The standard InChI is InChI=1S/C15H24O2.C13H22O4.2C12H20O4.C12H24O2.5C10H14O.C7H14O2/c1-15(2,3)17-14(16)11-7-12-9-4-5-10(6-9)13(12)8-11;1-6-12(2,3)11(15)17-13(4,5)9-7-10(14)16-8-9;2*1-5-11(2,3)10(14)16-12(4)6-7-15-9(13)8-12;1-8-11(4,5)10(13)14-12(6,7)9(2)3;5*1-3-8(2)9-4-6-10(11)7-5-9;1-5-7(2,3)6(8)9-4/h9-13H,4-8H2,1-3H3;9H,6-8H2,1-5H3;2*5-8H2,1-4H3;9H,8H2,1-7H3;5*4-8,11H,3H2,1-2H3;5H2,1-4H3. The minimum Gasteiger partial charge on any atom is -0.508 e. The molecule has 3 saturated heterocycles. The summed E-state index contributed by atoms with van der Waals surface area (Å²) in [5, 5.41) is 45.1. The summed E-state index contributed by atoms with van der Waals surface area (Å²) in [6.07, 6.45) is 17.8. The number of carbonyl (C=O) groups excluding carboxylic acids is 9. The smallest absolute Gasteiger partial charge is 0.312 e. The van der Waals surface area contributed by atoms with E-state index in [1.807, 2.05) is 213 Å². The van der Waals surface area contributed by atoms with Gasteiger partial charge in [-0.3, -0.25) is 43.2 Å². The van der Waals surface area contributed by atoms with Gasteiger partial charge in [-0.2, -0.15) is 0 Å². The van der Waals surface area contributed by atoms with Gasteiger partial charge in [-0.05, 0) is 376 Å². The van der Waals surface area contributed by atoms with Crippen LogP contribution in [0.1, 0.15) is 435 Å². The lowest BCUT2D eigenvalue weighted by molar-refractivity contribution is -0.184. The van der Waals surface area contributed by atoms with Crippen LogP contribution in [0, 0.1) is 68.5 Å². The van der Waals surface area contributed by atoms with Crippen molar-refractivity contribution in [1.29, 1.82) is 0 Å². The number of phenolic OH excluding ortho intramolecular Hbond substituents is 5. The summed E-state index contributed by atoms with van der Waals surface area (Å²) in [5.74, 6) is 7.08. The fraction of sp³-hybridized carbons (Fsp3) is 0.678. The summed E-state index contributed by atoms with van der Waals surface area (Å²) >= 11 is 0. The molecule has 5 aromatic carbocycles. The Balaban J connectivity index is 0.000000797. The molecule has 0 amide bonds. The topological polar surface area (TPSA) is 338 Å². The van der Waals surface area contributed by atoms with E-state index in [1.54, 1.807) is 74.5 Å². The number of aromatic hydroxyl groups is 5. The van der Waals surface area contributed by atoms with Gasteiger partial charge in [0.15, 0.2) is 0 Å². The van der Waals surface area contributed by atoms with Crippen molar-refractivity contribution in [1.82, 2.24) is 0 Å². The molecule has 3 saturated carbocycles. The van der Waals surface area contributed by atoms with E-state index in [-0.39, 0.29) is 100 Å². The average Bonchev–Trinajstić information content (AvgIpc) is 1.60. The van der Waals surface area contributed by atoms with Gasteiger partial charge in [0.1, 0.15) is 56.8 Å². The first-order valence-electron chi connectivity index (χ1n) is 53.2. The Morgan fingerprint density at radius 1 is 0.361 bits per heavy atom. The molecule has 3 heterocycles. The fourth-order valence-corrected chi connectivity index (χ4v) is 15.2. The van der Waals surface area contributed by atoms with Crippen LogP contribution in [-0.4, -0.2) is 134 Å². The van der Waals surface area contributed by atoms with Crippen molar-refractivity contribution in [3.63, 3.8) is 0 Å². The molecule has 0 radical (unpaired) electrons. The van der Waals surface area contributed by atoms with Crippen LogP contribution in [0.5, 0.6) is 28.7 Å². The quantitative estimate of drug-likeness (QED) is 0.0241. The summed E-state index contributed by atoms with van der Waals surface area (Å²) in [5.41, 5.74) is 1.58. The maximum absolute atomic E-state index is 12.1. The third-order valence-electron chi connectivity index (χ3n) is 30.3. The van der Waals surface area contributed by atoms with E-state index in [9.17, 15) is 43.2 Å². The van der Waals surface area contributed by atoms with Gasteiger partial charge < -0.3 is 68.2 Å². The minimum atomic E-state index is -0.696. The molecule has 23 heteroatoms. The lowest BCUT2D eigenvalue weighted by Gasteiger charge is -2.35. The second-order valence-corrected chi connectivity index (χ2v) is 46.2. The Labute approximate surface area is 868 Å². The molecular weight excluding hydrogens is 1820 g/mol. The van der Waals surface area contributed by atoms with E-state index in [0.29, 0.717) is 116 Å². The Morgan fingerprint density at radius 3 is 0.847 bits per heavy atom. The molecule has 6 aliphatic rings. The summed E-state index contributed by atoms with van der Waals surface area (Å²) < 4.78 is 46.7. The molecule has 2 bridgehead atoms. The molecule has 5 N–H and O–H groups in total. The van der Waals surface area contributed by atoms with E-state index in [0.717, 1.165) is 87.9 Å². The zero-order valence-corrected chi connectivity index (χ0v) is 95.8. The van der Waals surface area contributed by atoms with Gasteiger partial charge in [-0.1, -0.05) is 178 Å². The summed E-state index contributed by atoms with van der Waals surface area (Å²) in [6.45, 7) is 72.5. The number of benzene rings is 5. The van der Waals surface area contributed by atoms with E-state index < -0.39 is 33.0 Å². The highest BCUT2D eigenvalue weighted by Gasteiger charge is 2.54. The molecule has 5 aromatic rings. The maximum Gasteiger partial charge on any atom is 0.312 e. The Hall–Kier alpha value is -9.67. The number of esters is 9. The minimum absolute atomic E-state index is 0.0494. The molecule has 0 aromatic heterocycles. The predicted octanol–water partition coefficient (Wildman–Crippen LogP) is 29.4. The highest BCUT2D eigenvalue weighted by Crippen LogP contribution is 2.60. The van der Waals surface area contributed by atoms with Crippen LogP contribution < -0.4 is 0 Å². The van der Waals surface area contributed by atoms with Crippen molar-refractivity contribution in [2.24, 2.45) is 68.5 Å². The molecule has 23 nitrogen and oxygen atoms in total. The largest absolute Gasteiger partial charge is 0.508 e. The molecule has 3 aliphatic carbocycles.